The van der Waals surface area contributed by atoms with Gasteiger partial charge in [-0.05, 0) is 30.4 Å². The van der Waals surface area contributed by atoms with Crippen LogP contribution in [0.15, 0.2) is 46.2 Å². The monoisotopic (exact) mass is 390 g/mol. The van der Waals surface area contributed by atoms with Crippen LogP contribution >= 0.6 is 0 Å². The van der Waals surface area contributed by atoms with Crippen molar-refractivity contribution in [1.82, 2.24) is 9.97 Å². The Hall–Kier alpha value is -3.13. The fraction of sp³-hybridized carbons (Fsp3) is 0.350. The topological polar surface area (TPSA) is 126 Å². The van der Waals surface area contributed by atoms with Crippen molar-refractivity contribution < 1.29 is 19.1 Å². The highest BCUT2D eigenvalue weighted by molar-refractivity contribution is 5.52. The maximum absolute atomic E-state index is 10.9. The minimum atomic E-state index is -0.0947. The maximum atomic E-state index is 10.9. The molecule has 0 atom stereocenters. The average Bonchev–Trinajstić information content (AvgIpc) is 2.73. The van der Waals surface area contributed by atoms with Gasteiger partial charge in [0.25, 0.3) is 0 Å². The van der Waals surface area contributed by atoms with Crippen molar-refractivity contribution in [3.05, 3.63) is 68.5 Å². The number of rotatable bonds is 10. The highest BCUT2D eigenvalue weighted by atomic mass is 16.5. The molecule has 0 aliphatic heterocycles. The van der Waals surface area contributed by atoms with Crippen molar-refractivity contribution in [1.29, 1.82) is 0 Å². The van der Waals surface area contributed by atoms with Gasteiger partial charge in [-0.3, -0.25) is 9.59 Å². The number of aromatic nitrogens is 2. The summed E-state index contributed by atoms with van der Waals surface area (Å²) in [6, 6.07) is 6.61. The van der Waals surface area contributed by atoms with Gasteiger partial charge in [0.05, 0.1) is 13.2 Å². The molecule has 2 N–H and O–H groups in total. The lowest BCUT2D eigenvalue weighted by molar-refractivity contribution is -0.109. The van der Waals surface area contributed by atoms with Crippen LogP contribution in [-0.2, 0) is 32.0 Å². The molecule has 8 heteroatoms. The first-order valence-corrected chi connectivity index (χ1v) is 8.75. The van der Waals surface area contributed by atoms with Gasteiger partial charge >= 0.3 is 0 Å². The first-order valence-electron chi connectivity index (χ1n) is 8.75. The zero-order chi connectivity index (χ0) is 21.0. The molecule has 0 aliphatic carbocycles. The Labute approximate surface area is 163 Å². The molecule has 2 heterocycles. The zero-order valence-electron chi connectivity index (χ0n) is 15.7. The maximum Gasteiger partial charge on any atom is 0.247 e. The molecule has 0 amide bonds. The molecule has 28 heavy (non-hydrogen) atoms. The van der Waals surface area contributed by atoms with Crippen LogP contribution < -0.4 is 11.1 Å². The second-order valence-corrected chi connectivity index (χ2v) is 5.50. The fourth-order valence-corrected chi connectivity index (χ4v) is 1.96. The van der Waals surface area contributed by atoms with Crippen LogP contribution in [0.3, 0.4) is 0 Å². The SMILES string of the molecule is C=O.O=CCCCC=O.O=c1ccc(CCOCCc2ccc(=O)[nH]c2)c[nH]1. The molecule has 2 aromatic heterocycles. The van der Waals surface area contributed by atoms with Gasteiger partial charge in [0.1, 0.15) is 19.4 Å². The first kappa shape index (κ1) is 24.9. The first-order chi connectivity index (χ1) is 13.7. The minimum Gasteiger partial charge on any atom is -0.381 e. The summed E-state index contributed by atoms with van der Waals surface area (Å²) < 4.78 is 5.52. The fourth-order valence-electron chi connectivity index (χ4n) is 1.96. The van der Waals surface area contributed by atoms with Crippen LogP contribution in [0.25, 0.3) is 0 Å². The number of pyridine rings is 2. The van der Waals surface area contributed by atoms with Crippen molar-refractivity contribution in [2.45, 2.75) is 32.1 Å². The van der Waals surface area contributed by atoms with Crippen LogP contribution in [0, 0.1) is 0 Å². The van der Waals surface area contributed by atoms with Crippen LogP contribution in [0.5, 0.6) is 0 Å². The largest absolute Gasteiger partial charge is 0.381 e. The molecule has 152 valence electrons. The third kappa shape index (κ3) is 13.1. The summed E-state index contributed by atoms with van der Waals surface area (Å²) in [6.45, 7) is 3.21. The Bertz CT molecular complexity index is 680. The van der Waals surface area contributed by atoms with Gasteiger partial charge in [-0.2, -0.15) is 0 Å². The van der Waals surface area contributed by atoms with Crippen LogP contribution in [0.1, 0.15) is 30.4 Å². The predicted octanol–water partition coefficient (Wildman–Crippen LogP) is 1.23. The van der Waals surface area contributed by atoms with E-state index in [0.29, 0.717) is 32.5 Å². The number of hydrogen-bond donors (Lipinski definition) is 2. The summed E-state index contributed by atoms with van der Waals surface area (Å²) in [7, 11) is 0. The second-order valence-electron chi connectivity index (χ2n) is 5.50. The molecule has 0 spiro atoms. The van der Waals surface area contributed by atoms with Crippen LogP contribution in [0.4, 0.5) is 0 Å². The van der Waals surface area contributed by atoms with E-state index in [9.17, 15) is 19.2 Å². The second kappa shape index (κ2) is 17.3. The highest BCUT2D eigenvalue weighted by Gasteiger charge is 1.96. The number of nitrogens with one attached hydrogen (secondary N) is 2. The smallest absolute Gasteiger partial charge is 0.247 e. The molecule has 0 fully saturated rings. The molecule has 0 unspecified atom stereocenters. The molecular weight excluding hydrogens is 364 g/mol. The number of H-pyrrole nitrogens is 2. The standard InChI is InChI=1S/C14H16N2O3.C5H8O2.CH2O/c17-13-3-1-11(9-15-13)5-7-19-8-6-12-2-4-14(18)16-10-12;6-4-2-1-3-5-7;1-2/h1-4,9-10H,5-8H2,(H,15,17)(H,16,18);4-5H,1-3H2;1H2. The Morgan fingerprint density at radius 3 is 1.54 bits per heavy atom. The molecule has 8 nitrogen and oxygen atoms in total. The lowest BCUT2D eigenvalue weighted by atomic mass is 10.2. The van der Waals surface area contributed by atoms with Crippen molar-refractivity contribution in [3.63, 3.8) is 0 Å². The Kier molecular flexibility index (Phi) is 15.4. The van der Waals surface area contributed by atoms with Gasteiger partial charge in [0.15, 0.2) is 0 Å². The lowest BCUT2D eigenvalue weighted by Gasteiger charge is -2.04. The van der Waals surface area contributed by atoms with E-state index in [1.807, 2.05) is 6.79 Å². The third-order valence-corrected chi connectivity index (χ3v) is 3.41. The number of hydrogen-bond acceptors (Lipinski definition) is 6. The summed E-state index contributed by atoms with van der Waals surface area (Å²) in [6.07, 6.45) is 8.31. The van der Waals surface area contributed by atoms with Gasteiger partial charge in [-0.25, -0.2) is 0 Å². The average molecular weight is 390 g/mol. The number of unbranched alkanes of at least 4 members (excludes halogenated alkanes) is 2. The molecule has 0 saturated carbocycles. The normalized spacial score (nSPS) is 9.29. The van der Waals surface area contributed by atoms with Crippen molar-refractivity contribution >= 4 is 19.4 Å². The van der Waals surface area contributed by atoms with Crippen molar-refractivity contribution in [3.8, 4) is 0 Å². The van der Waals surface area contributed by atoms with Crippen LogP contribution in [-0.4, -0.2) is 42.5 Å². The summed E-state index contributed by atoms with van der Waals surface area (Å²) in [5.41, 5.74) is 1.90. The van der Waals surface area contributed by atoms with E-state index in [2.05, 4.69) is 9.97 Å². The van der Waals surface area contributed by atoms with E-state index in [0.717, 1.165) is 36.5 Å². The zero-order valence-corrected chi connectivity index (χ0v) is 15.7. The van der Waals surface area contributed by atoms with E-state index in [-0.39, 0.29) is 11.1 Å². The van der Waals surface area contributed by atoms with Gasteiger partial charge in [-0.1, -0.05) is 12.1 Å². The van der Waals surface area contributed by atoms with E-state index >= 15 is 0 Å². The molecule has 2 aromatic rings. The molecule has 0 aliphatic rings. The van der Waals surface area contributed by atoms with Gasteiger partial charge in [0, 0.05) is 37.4 Å². The quantitative estimate of drug-likeness (QED) is 0.464. The van der Waals surface area contributed by atoms with Crippen molar-refractivity contribution in [2.75, 3.05) is 13.2 Å². The molecular formula is C20H26N2O6. The Morgan fingerprint density at radius 2 is 1.21 bits per heavy atom. The third-order valence-electron chi connectivity index (χ3n) is 3.41. The van der Waals surface area contributed by atoms with Gasteiger partial charge in [-0.15, -0.1) is 0 Å². The molecule has 0 radical (unpaired) electrons. The van der Waals surface area contributed by atoms with Gasteiger partial charge in [0.2, 0.25) is 11.1 Å². The molecule has 0 saturated heterocycles. The molecule has 2 rings (SSSR count). The number of carbonyl (C=O) groups is 3. The van der Waals surface area contributed by atoms with E-state index in [1.54, 1.807) is 24.5 Å². The number of aromatic amines is 2. The summed E-state index contributed by atoms with van der Waals surface area (Å²) in [5, 5.41) is 0. The van der Waals surface area contributed by atoms with E-state index in [1.165, 1.54) is 12.1 Å². The Balaban J connectivity index is 0.000000688. The van der Waals surface area contributed by atoms with Gasteiger partial charge < -0.3 is 29.1 Å². The highest BCUT2D eigenvalue weighted by Crippen LogP contribution is 1.98. The predicted molar refractivity (Wildman–Crippen MR) is 105 cm³/mol. The van der Waals surface area contributed by atoms with E-state index < -0.39 is 0 Å². The number of carbonyl (C=O) groups excluding carboxylic acids is 3. The number of aldehydes is 2. The minimum absolute atomic E-state index is 0.0947. The molecule has 0 aromatic carbocycles. The lowest BCUT2D eigenvalue weighted by Crippen LogP contribution is -2.07. The van der Waals surface area contributed by atoms with Crippen molar-refractivity contribution in [2.24, 2.45) is 0 Å². The van der Waals surface area contributed by atoms with Crippen LogP contribution in [0.2, 0.25) is 0 Å². The summed E-state index contributed by atoms with van der Waals surface area (Å²) in [4.78, 5) is 54.1. The summed E-state index contributed by atoms with van der Waals surface area (Å²) in [5.74, 6) is 0. The Morgan fingerprint density at radius 1 is 0.786 bits per heavy atom. The number of ether oxygens (including phenoxy) is 1. The molecule has 0 bridgehead atoms. The summed E-state index contributed by atoms with van der Waals surface area (Å²) >= 11 is 0. The van der Waals surface area contributed by atoms with E-state index in [4.69, 9.17) is 9.53 Å².